The number of benzene rings is 1. The van der Waals surface area contributed by atoms with Crippen molar-refractivity contribution in [3.8, 4) is 5.75 Å². The number of rotatable bonds is 7. The van der Waals surface area contributed by atoms with Gasteiger partial charge < -0.3 is 19.2 Å². The van der Waals surface area contributed by atoms with Gasteiger partial charge in [-0.3, -0.25) is 0 Å². The van der Waals surface area contributed by atoms with Crippen LogP contribution < -0.4 is 4.74 Å². The SMILES string of the molecule is Cc1ccc([C@@H](C)CCN2CCC(Oc3ccccc3)(C(=O)O)CC2)o1. The Morgan fingerprint density at radius 2 is 1.92 bits per heavy atom. The molecule has 0 saturated carbocycles. The van der Waals surface area contributed by atoms with E-state index >= 15 is 0 Å². The van der Waals surface area contributed by atoms with Gasteiger partial charge in [-0.1, -0.05) is 25.1 Å². The number of para-hydroxylation sites is 1. The highest BCUT2D eigenvalue weighted by Gasteiger charge is 2.44. The number of likely N-dealkylation sites (tertiary alicyclic amines) is 1. The molecule has 5 nitrogen and oxygen atoms in total. The first kappa shape index (κ1) is 18.5. The van der Waals surface area contributed by atoms with Gasteiger partial charge in [-0.25, -0.2) is 4.79 Å². The first-order chi connectivity index (χ1) is 12.5. The number of aliphatic carboxylic acids is 1. The van der Waals surface area contributed by atoms with Crippen LogP contribution in [-0.2, 0) is 4.79 Å². The van der Waals surface area contributed by atoms with Crippen LogP contribution in [0.3, 0.4) is 0 Å². The molecule has 1 aliphatic heterocycles. The molecular formula is C21H27NO4. The molecule has 5 heteroatoms. The smallest absolute Gasteiger partial charge is 0.348 e. The standard InChI is InChI=1S/C21H27NO4/c1-16(19-9-8-17(2)25-19)10-13-22-14-11-21(12-15-22,20(23)24)26-18-6-4-3-5-7-18/h3-9,16H,10-15H2,1-2H3,(H,23,24)/t16-/m0/s1. The van der Waals surface area contributed by atoms with Crippen molar-refractivity contribution in [2.24, 2.45) is 0 Å². The van der Waals surface area contributed by atoms with E-state index in [0.717, 1.165) is 37.6 Å². The van der Waals surface area contributed by atoms with Crippen molar-refractivity contribution in [1.29, 1.82) is 0 Å². The van der Waals surface area contributed by atoms with Crippen molar-refractivity contribution in [3.63, 3.8) is 0 Å². The van der Waals surface area contributed by atoms with Crippen LogP contribution in [0.2, 0.25) is 0 Å². The highest BCUT2D eigenvalue weighted by atomic mass is 16.5. The summed E-state index contributed by atoms with van der Waals surface area (Å²) in [5, 5.41) is 9.75. The van der Waals surface area contributed by atoms with E-state index in [2.05, 4.69) is 11.8 Å². The van der Waals surface area contributed by atoms with Crippen molar-refractivity contribution >= 4 is 5.97 Å². The minimum absolute atomic E-state index is 0.357. The topological polar surface area (TPSA) is 62.9 Å². The Labute approximate surface area is 154 Å². The molecule has 2 aromatic rings. The largest absolute Gasteiger partial charge is 0.478 e. The highest BCUT2D eigenvalue weighted by molar-refractivity contribution is 5.78. The fraction of sp³-hybridized carbons (Fsp3) is 0.476. The Balaban J connectivity index is 1.54. The Hall–Kier alpha value is -2.27. The number of carboxylic acids is 1. The van der Waals surface area contributed by atoms with Gasteiger partial charge in [-0.05, 0) is 44.2 Å². The van der Waals surface area contributed by atoms with Crippen LogP contribution in [0.4, 0.5) is 0 Å². The molecule has 0 radical (unpaired) electrons. The predicted octanol–water partition coefficient (Wildman–Crippen LogP) is 4.08. The van der Waals surface area contributed by atoms with Crippen LogP contribution in [0.1, 0.15) is 43.6 Å². The summed E-state index contributed by atoms with van der Waals surface area (Å²) in [4.78, 5) is 14.2. The minimum atomic E-state index is -1.12. The normalized spacial score (nSPS) is 18.4. The van der Waals surface area contributed by atoms with Crippen LogP contribution in [-0.4, -0.2) is 41.2 Å². The zero-order valence-electron chi connectivity index (χ0n) is 15.5. The van der Waals surface area contributed by atoms with Crippen molar-refractivity contribution < 1.29 is 19.1 Å². The fourth-order valence-corrected chi connectivity index (χ4v) is 3.45. The van der Waals surface area contributed by atoms with Gasteiger partial charge in [0.2, 0.25) is 5.60 Å². The lowest BCUT2D eigenvalue weighted by Crippen LogP contribution is -2.53. The minimum Gasteiger partial charge on any atom is -0.478 e. The Bertz CT molecular complexity index is 717. The van der Waals surface area contributed by atoms with Crippen molar-refractivity contribution in [3.05, 3.63) is 54.0 Å². The quantitative estimate of drug-likeness (QED) is 0.809. The van der Waals surface area contributed by atoms with Gasteiger partial charge in [0.25, 0.3) is 0 Å². The van der Waals surface area contributed by atoms with Crippen LogP contribution >= 0.6 is 0 Å². The first-order valence-electron chi connectivity index (χ1n) is 9.25. The zero-order chi connectivity index (χ0) is 18.6. The molecule has 0 unspecified atom stereocenters. The molecule has 140 valence electrons. The van der Waals surface area contributed by atoms with E-state index in [-0.39, 0.29) is 0 Å². The summed E-state index contributed by atoms with van der Waals surface area (Å²) in [6.07, 6.45) is 1.98. The second kappa shape index (κ2) is 7.96. The van der Waals surface area contributed by atoms with E-state index < -0.39 is 11.6 Å². The van der Waals surface area contributed by atoms with Crippen LogP contribution in [0.25, 0.3) is 0 Å². The molecule has 0 spiro atoms. The molecule has 1 aromatic carbocycles. The fourth-order valence-electron chi connectivity index (χ4n) is 3.45. The summed E-state index contributed by atoms with van der Waals surface area (Å²) in [7, 11) is 0. The van der Waals surface area contributed by atoms with E-state index in [1.165, 1.54) is 0 Å². The monoisotopic (exact) mass is 357 g/mol. The molecule has 1 fully saturated rings. The van der Waals surface area contributed by atoms with E-state index in [1.807, 2.05) is 49.4 Å². The number of nitrogens with zero attached hydrogens (tertiary/aromatic N) is 1. The lowest BCUT2D eigenvalue weighted by molar-refractivity contribution is -0.159. The summed E-state index contributed by atoms with van der Waals surface area (Å²) < 4.78 is 11.6. The molecule has 1 aliphatic rings. The summed E-state index contributed by atoms with van der Waals surface area (Å²) in [5.74, 6) is 2.06. The summed E-state index contributed by atoms with van der Waals surface area (Å²) in [5.41, 5.74) is -1.12. The van der Waals surface area contributed by atoms with Gasteiger partial charge in [-0.15, -0.1) is 0 Å². The molecule has 0 aliphatic carbocycles. The lowest BCUT2D eigenvalue weighted by Gasteiger charge is -2.39. The summed E-state index contributed by atoms with van der Waals surface area (Å²) in [6, 6.07) is 13.3. The molecular weight excluding hydrogens is 330 g/mol. The van der Waals surface area contributed by atoms with Gasteiger partial charge in [0, 0.05) is 31.8 Å². The number of hydrogen-bond acceptors (Lipinski definition) is 4. The Morgan fingerprint density at radius 3 is 2.50 bits per heavy atom. The molecule has 26 heavy (non-hydrogen) atoms. The molecule has 0 bridgehead atoms. The van der Waals surface area contributed by atoms with E-state index in [0.29, 0.717) is 24.5 Å². The maximum absolute atomic E-state index is 11.9. The highest BCUT2D eigenvalue weighted by Crippen LogP contribution is 2.30. The molecule has 3 rings (SSSR count). The maximum atomic E-state index is 11.9. The first-order valence-corrected chi connectivity index (χ1v) is 9.25. The van der Waals surface area contributed by atoms with Gasteiger partial charge in [0.05, 0.1) is 0 Å². The third kappa shape index (κ3) is 4.28. The second-order valence-electron chi connectivity index (χ2n) is 7.19. The molecule has 1 atom stereocenters. The molecule has 1 aromatic heterocycles. The number of carbonyl (C=O) groups is 1. The van der Waals surface area contributed by atoms with Gasteiger partial charge in [0.1, 0.15) is 17.3 Å². The van der Waals surface area contributed by atoms with Crippen LogP contribution in [0.15, 0.2) is 46.9 Å². The zero-order valence-corrected chi connectivity index (χ0v) is 15.5. The average molecular weight is 357 g/mol. The lowest BCUT2D eigenvalue weighted by atomic mass is 9.90. The van der Waals surface area contributed by atoms with E-state index in [1.54, 1.807) is 0 Å². The van der Waals surface area contributed by atoms with Gasteiger partial charge in [-0.2, -0.15) is 0 Å². The summed E-state index contributed by atoms with van der Waals surface area (Å²) in [6.45, 7) is 6.51. The number of furan rings is 1. The molecule has 0 amide bonds. The van der Waals surface area contributed by atoms with Crippen molar-refractivity contribution in [1.82, 2.24) is 4.90 Å². The van der Waals surface area contributed by atoms with E-state index in [4.69, 9.17) is 9.15 Å². The number of ether oxygens (including phenoxy) is 1. The third-order valence-electron chi connectivity index (χ3n) is 5.24. The maximum Gasteiger partial charge on any atom is 0.348 e. The Morgan fingerprint density at radius 1 is 1.23 bits per heavy atom. The average Bonchev–Trinajstić information content (AvgIpc) is 3.08. The third-order valence-corrected chi connectivity index (χ3v) is 5.24. The number of piperidine rings is 1. The number of carboxylic acid groups (broad SMARTS) is 1. The van der Waals surface area contributed by atoms with Gasteiger partial charge >= 0.3 is 5.97 Å². The molecule has 1 N–H and O–H groups in total. The second-order valence-corrected chi connectivity index (χ2v) is 7.19. The summed E-state index contributed by atoms with van der Waals surface area (Å²) >= 11 is 0. The Kier molecular flexibility index (Phi) is 5.67. The van der Waals surface area contributed by atoms with Crippen molar-refractivity contribution in [2.45, 2.75) is 44.6 Å². The molecule has 2 heterocycles. The molecule has 1 saturated heterocycles. The number of aryl methyl sites for hydroxylation is 1. The van der Waals surface area contributed by atoms with Crippen LogP contribution in [0, 0.1) is 6.92 Å². The predicted molar refractivity (Wildman–Crippen MR) is 99.6 cm³/mol. The van der Waals surface area contributed by atoms with Gasteiger partial charge in [0.15, 0.2) is 0 Å². The van der Waals surface area contributed by atoms with Crippen molar-refractivity contribution in [2.75, 3.05) is 19.6 Å². The van der Waals surface area contributed by atoms with Crippen LogP contribution in [0.5, 0.6) is 5.75 Å². The van der Waals surface area contributed by atoms with E-state index in [9.17, 15) is 9.90 Å². The number of hydrogen-bond donors (Lipinski definition) is 1.